The summed E-state index contributed by atoms with van der Waals surface area (Å²) in [6, 6.07) is 3.66. The molecular formula is C7H5Br2ClO. The number of rotatable bonds is 1. The van der Waals surface area contributed by atoms with E-state index in [1.54, 1.807) is 0 Å². The van der Waals surface area contributed by atoms with Crippen molar-refractivity contribution in [1.82, 2.24) is 0 Å². The number of hydrogen-bond donors (Lipinski definition) is 1. The fourth-order valence-electron chi connectivity index (χ4n) is 0.714. The second kappa shape index (κ2) is 3.90. The molecule has 4 heteroatoms. The molecule has 1 aromatic carbocycles. The summed E-state index contributed by atoms with van der Waals surface area (Å²) in [5, 5.41) is 9.45. The van der Waals surface area contributed by atoms with Crippen LogP contribution in [0.4, 0.5) is 0 Å². The summed E-state index contributed by atoms with van der Waals surface area (Å²) in [5.74, 6) is 0. The van der Waals surface area contributed by atoms with Gasteiger partial charge >= 0.3 is 0 Å². The van der Waals surface area contributed by atoms with Crippen LogP contribution in [-0.2, 0) is 6.61 Å². The van der Waals surface area contributed by atoms with Crippen molar-refractivity contribution in [2.75, 3.05) is 0 Å². The predicted molar refractivity (Wildman–Crippen MR) is 52.8 cm³/mol. The highest BCUT2D eigenvalue weighted by Gasteiger charge is 2.06. The summed E-state index contributed by atoms with van der Waals surface area (Å²) in [6.45, 7) is -0.0567. The maximum absolute atomic E-state index is 8.89. The average Bonchev–Trinajstić information content (AvgIpc) is 1.99. The zero-order valence-electron chi connectivity index (χ0n) is 5.44. The van der Waals surface area contributed by atoms with Crippen LogP contribution in [0.15, 0.2) is 21.1 Å². The SMILES string of the molecule is OCc1c(Br)ccc(Br)c1Cl. The zero-order valence-corrected chi connectivity index (χ0v) is 9.37. The third-order valence-electron chi connectivity index (χ3n) is 1.30. The Balaban J connectivity index is 3.29. The van der Waals surface area contributed by atoms with E-state index in [0.717, 1.165) is 8.95 Å². The van der Waals surface area contributed by atoms with Crippen molar-refractivity contribution in [2.24, 2.45) is 0 Å². The van der Waals surface area contributed by atoms with Gasteiger partial charge in [-0.15, -0.1) is 0 Å². The second-order valence-corrected chi connectivity index (χ2v) is 4.07. The minimum absolute atomic E-state index is 0.0567. The van der Waals surface area contributed by atoms with E-state index in [2.05, 4.69) is 31.9 Å². The van der Waals surface area contributed by atoms with Gasteiger partial charge in [0.15, 0.2) is 0 Å². The monoisotopic (exact) mass is 298 g/mol. The van der Waals surface area contributed by atoms with Crippen LogP contribution in [0.25, 0.3) is 0 Å². The molecular weight excluding hydrogens is 295 g/mol. The molecule has 0 radical (unpaired) electrons. The van der Waals surface area contributed by atoms with Crippen LogP contribution in [0.5, 0.6) is 0 Å². The van der Waals surface area contributed by atoms with E-state index in [-0.39, 0.29) is 6.61 Å². The highest BCUT2D eigenvalue weighted by Crippen LogP contribution is 2.31. The molecule has 11 heavy (non-hydrogen) atoms. The fourth-order valence-corrected chi connectivity index (χ4v) is 1.88. The van der Waals surface area contributed by atoms with Crippen LogP contribution in [0, 0.1) is 0 Å². The van der Waals surface area contributed by atoms with E-state index < -0.39 is 0 Å². The van der Waals surface area contributed by atoms with Crippen molar-refractivity contribution in [3.63, 3.8) is 0 Å². The quantitative estimate of drug-likeness (QED) is 0.789. The fraction of sp³-hybridized carbons (Fsp3) is 0.143. The third kappa shape index (κ3) is 1.96. The molecule has 1 aromatic rings. The number of aliphatic hydroxyl groups is 1. The lowest BCUT2D eigenvalue weighted by atomic mass is 10.2. The Morgan fingerprint density at radius 3 is 2.27 bits per heavy atom. The minimum Gasteiger partial charge on any atom is -0.392 e. The van der Waals surface area contributed by atoms with Gasteiger partial charge in [0, 0.05) is 14.5 Å². The van der Waals surface area contributed by atoms with Gasteiger partial charge in [-0.2, -0.15) is 0 Å². The van der Waals surface area contributed by atoms with Crippen LogP contribution in [0.2, 0.25) is 5.02 Å². The minimum atomic E-state index is -0.0567. The van der Waals surface area contributed by atoms with Crippen LogP contribution in [0.3, 0.4) is 0 Å². The largest absolute Gasteiger partial charge is 0.392 e. The molecule has 0 aliphatic rings. The highest BCUT2D eigenvalue weighted by atomic mass is 79.9. The maximum atomic E-state index is 8.89. The number of aliphatic hydroxyl groups excluding tert-OH is 1. The molecule has 1 nitrogen and oxygen atoms in total. The standard InChI is InChI=1S/C7H5Br2ClO/c8-5-1-2-6(9)7(10)4(5)3-11/h1-2,11H,3H2. The van der Waals surface area contributed by atoms with E-state index in [9.17, 15) is 0 Å². The van der Waals surface area contributed by atoms with Gasteiger partial charge in [0.2, 0.25) is 0 Å². The molecule has 60 valence electrons. The molecule has 0 saturated carbocycles. The van der Waals surface area contributed by atoms with Crippen molar-refractivity contribution in [1.29, 1.82) is 0 Å². The molecule has 0 fully saturated rings. The summed E-state index contributed by atoms with van der Waals surface area (Å²) in [7, 11) is 0. The van der Waals surface area contributed by atoms with E-state index in [4.69, 9.17) is 16.7 Å². The summed E-state index contributed by atoms with van der Waals surface area (Å²) >= 11 is 12.4. The van der Waals surface area contributed by atoms with Crippen molar-refractivity contribution in [3.05, 3.63) is 31.7 Å². The number of halogens is 3. The lowest BCUT2D eigenvalue weighted by molar-refractivity contribution is 0.281. The Hall–Kier alpha value is 0.430. The molecule has 0 saturated heterocycles. The Labute approximate surface area is 86.6 Å². The van der Waals surface area contributed by atoms with E-state index >= 15 is 0 Å². The lowest BCUT2D eigenvalue weighted by Crippen LogP contribution is -1.87. The third-order valence-corrected chi connectivity index (χ3v) is 3.36. The second-order valence-electron chi connectivity index (χ2n) is 1.98. The zero-order chi connectivity index (χ0) is 8.43. The van der Waals surface area contributed by atoms with Gasteiger partial charge in [-0.05, 0) is 28.1 Å². The summed E-state index contributed by atoms with van der Waals surface area (Å²) in [6.07, 6.45) is 0. The van der Waals surface area contributed by atoms with E-state index in [0.29, 0.717) is 10.6 Å². The molecule has 0 unspecified atom stereocenters. The molecule has 0 spiro atoms. The number of hydrogen-bond acceptors (Lipinski definition) is 1. The smallest absolute Gasteiger partial charge is 0.0707 e. The Morgan fingerprint density at radius 2 is 1.82 bits per heavy atom. The van der Waals surface area contributed by atoms with E-state index in [1.807, 2.05) is 12.1 Å². The molecule has 1 N–H and O–H groups in total. The van der Waals surface area contributed by atoms with Gasteiger partial charge in [-0.1, -0.05) is 27.5 Å². The van der Waals surface area contributed by atoms with Gasteiger partial charge in [0.05, 0.1) is 11.6 Å². The maximum Gasteiger partial charge on any atom is 0.0707 e. The van der Waals surface area contributed by atoms with Crippen molar-refractivity contribution < 1.29 is 5.11 Å². The molecule has 0 aliphatic carbocycles. The van der Waals surface area contributed by atoms with E-state index in [1.165, 1.54) is 0 Å². The van der Waals surface area contributed by atoms with Gasteiger partial charge in [0.1, 0.15) is 0 Å². The summed E-state index contributed by atoms with van der Waals surface area (Å²) in [5.41, 5.74) is 0.709. The first-order chi connectivity index (χ1) is 5.16. The normalized spacial score (nSPS) is 10.2. The summed E-state index contributed by atoms with van der Waals surface area (Å²) in [4.78, 5) is 0. The van der Waals surface area contributed by atoms with Gasteiger partial charge < -0.3 is 5.11 Å². The van der Waals surface area contributed by atoms with Crippen molar-refractivity contribution in [2.45, 2.75) is 6.61 Å². The van der Waals surface area contributed by atoms with Crippen LogP contribution in [0.1, 0.15) is 5.56 Å². The predicted octanol–water partition coefficient (Wildman–Crippen LogP) is 3.36. The highest BCUT2D eigenvalue weighted by molar-refractivity contribution is 9.11. The van der Waals surface area contributed by atoms with Crippen LogP contribution >= 0.6 is 43.5 Å². The topological polar surface area (TPSA) is 20.2 Å². The van der Waals surface area contributed by atoms with Gasteiger partial charge in [-0.3, -0.25) is 0 Å². The molecule has 0 aliphatic heterocycles. The van der Waals surface area contributed by atoms with Gasteiger partial charge in [0.25, 0.3) is 0 Å². The van der Waals surface area contributed by atoms with Crippen LogP contribution < -0.4 is 0 Å². The Bertz CT molecular complexity index is 275. The van der Waals surface area contributed by atoms with Crippen molar-refractivity contribution >= 4 is 43.5 Å². The molecule has 1 rings (SSSR count). The molecule has 0 bridgehead atoms. The first-order valence-electron chi connectivity index (χ1n) is 2.90. The number of benzene rings is 1. The Morgan fingerprint density at radius 1 is 1.27 bits per heavy atom. The first-order valence-corrected chi connectivity index (χ1v) is 4.86. The molecule has 0 heterocycles. The molecule has 0 amide bonds. The Kier molecular flexibility index (Phi) is 3.37. The lowest BCUT2D eigenvalue weighted by Gasteiger charge is -2.04. The van der Waals surface area contributed by atoms with Gasteiger partial charge in [-0.25, -0.2) is 0 Å². The van der Waals surface area contributed by atoms with Crippen molar-refractivity contribution in [3.8, 4) is 0 Å². The van der Waals surface area contributed by atoms with Crippen LogP contribution in [-0.4, -0.2) is 5.11 Å². The summed E-state index contributed by atoms with van der Waals surface area (Å²) < 4.78 is 1.62. The molecule has 0 atom stereocenters. The average molecular weight is 300 g/mol. The molecule has 0 aromatic heterocycles. The first kappa shape index (κ1) is 9.52.